The van der Waals surface area contributed by atoms with E-state index in [4.69, 9.17) is 32.7 Å². The highest BCUT2D eigenvalue weighted by molar-refractivity contribution is 6.31. The monoisotopic (exact) mass is 587 g/mol. The van der Waals surface area contributed by atoms with Gasteiger partial charge in [-0.3, -0.25) is 9.59 Å². The average molecular weight is 589 g/mol. The summed E-state index contributed by atoms with van der Waals surface area (Å²) in [7, 11) is 0. The number of carbonyl (C=O) groups excluding carboxylic acids is 2. The van der Waals surface area contributed by atoms with Crippen LogP contribution in [-0.4, -0.2) is 65.6 Å². The molecule has 0 aliphatic heterocycles. The molecule has 1 heterocycles. The van der Waals surface area contributed by atoms with Gasteiger partial charge in [-0.25, -0.2) is 0 Å². The predicted molar refractivity (Wildman–Crippen MR) is 160 cm³/mol. The predicted octanol–water partition coefficient (Wildman–Crippen LogP) is 6.16. The molecule has 0 saturated carbocycles. The van der Waals surface area contributed by atoms with Crippen LogP contribution in [0.4, 0.5) is 0 Å². The molecule has 40 heavy (non-hydrogen) atoms. The highest BCUT2D eigenvalue weighted by Gasteiger charge is 2.23. The number of hydrogen-bond donors (Lipinski definition) is 0. The lowest BCUT2D eigenvalue weighted by Crippen LogP contribution is -2.45. The van der Waals surface area contributed by atoms with Crippen molar-refractivity contribution < 1.29 is 19.1 Å². The van der Waals surface area contributed by atoms with Gasteiger partial charge in [-0.05, 0) is 67.3 Å². The van der Waals surface area contributed by atoms with Gasteiger partial charge < -0.3 is 23.8 Å². The number of carbonyl (C=O) groups is 2. The lowest BCUT2D eigenvalue weighted by atomic mass is 10.2. The van der Waals surface area contributed by atoms with E-state index in [-0.39, 0.29) is 30.9 Å². The quantitative estimate of drug-likeness (QED) is 0.188. The van der Waals surface area contributed by atoms with Crippen LogP contribution in [-0.2, 0) is 27.4 Å². The van der Waals surface area contributed by atoms with Gasteiger partial charge in [-0.2, -0.15) is 0 Å². The molecule has 0 spiro atoms. The second-order valence-corrected chi connectivity index (χ2v) is 10.8. The van der Waals surface area contributed by atoms with Crippen molar-refractivity contribution in [1.82, 2.24) is 14.4 Å². The Kier molecular flexibility index (Phi) is 12.9. The summed E-state index contributed by atoms with van der Waals surface area (Å²) in [6.45, 7) is 8.99. The minimum atomic E-state index is -0.258. The molecule has 2 aromatic carbocycles. The molecule has 3 rings (SSSR count). The van der Waals surface area contributed by atoms with E-state index in [0.717, 1.165) is 11.3 Å². The van der Waals surface area contributed by atoms with E-state index in [1.807, 2.05) is 54.4 Å². The highest BCUT2D eigenvalue weighted by Crippen LogP contribution is 2.19. The molecule has 9 heteroatoms. The maximum absolute atomic E-state index is 13.7. The van der Waals surface area contributed by atoms with Crippen LogP contribution in [0.5, 0.6) is 5.75 Å². The molecule has 0 atom stereocenters. The SMILES string of the molecule is CCOCCCN(CC(=O)N(Cc1cccn1Cc1ccccc1Cl)CC(C)C)C(=O)COc1ccc(Cl)cc1. The summed E-state index contributed by atoms with van der Waals surface area (Å²) in [6.07, 6.45) is 2.62. The molecule has 0 aliphatic carbocycles. The number of ether oxygens (including phenoxy) is 2. The first-order valence-corrected chi connectivity index (χ1v) is 14.4. The number of hydrogen-bond acceptors (Lipinski definition) is 4. The molecular formula is C31H39Cl2N3O4. The Morgan fingerprint density at radius 2 is 1.70 bits per heavy atom. The zero-order valence-corrected chi connectivity index (χ0v) is 25.0. The lowest BCUT2D eigenvalue weighted by molar-refractivity contribution is -0.142. The van der Waals surface area contributed by atoms with Crippen molar-refractivity contribution in [3.05, 3.63) is 88.2 Å². The van der Waals surface area contributed by atoms with Crippen molar-refractivity contribution in [1.29, 1.82) is 0 Å². The molecule has 0 fully saturated rings. The summed E-state index contributed by atoms with van der Waals surface area (Å²) in [5, 5.41) is 1.30. The van der Waals surface area contributed by atoms with Crippen molar-refractivity contribution >= 4 is 35.0 Å². The average Bonchev–Trinajstić information content (AvgIpc) is 3.36. The zero-order chi connectivity index (χ0) is 28.9. The molecule has 0 unspecified atom stereocenters. The summed E-state index contributed by atoms with van der Waals surface area (Å²) in [5.74, 6) is 0.423. The normalized spacial score (nSPS) is 11.1. The largest absolute Gasteiger partial charge is 0.484 e. The Hall–Kier alpha value is -3.00. The third-order valence-corrected chi connectivity index (χ3v) is 6.91. The van der Waals surface area contributed by atoms with E-state index in [0.29, 0.717) is 61.6 Å². The van der Waals surface area contributed by atoms with Crippen LogP contribution in [0.2, 0.25) is 10.0 Å². The fourth-order valence-electron chi connectivity index (χ4n) is 4.27. The summed E-state index contributed by atoms with van der Waals surface area (Å²) < 4.78 is 13.2. The number of benzene rings is 2. The maximum atomic E-state index is 13.7. The first-order chi connectivity index (χ1) is 19.3. The van der Waals surface area contributed by atoms with Crippen LogP contribution in [0.1, 0.15) is 38.4 Å². The Bertz CT molecular complexity index is 1210. The van der Waals surface area contributed by atoms with Crippen molar-refractivity contribution in [2.45, 2.75) is 40.3 Å². The molecule has 0 aliphatic rings. The third kappa shape index (κ3) is 10.2. The van der Waals surface area contributed by atoms with Gasteiger partial charge in [0.25, 0.3) is 5.91 Å². The van der Waals surface area contributed by atoms with E-state index >= 15 is 0 Å². The van der Waals surface area contributed by atoms with Crippen molar-refractivity contribution in [3.8, 4) is 5.75 Å². The van der Waals surface area contributed by atoms with E-state index in [1.54, 1.807) is 29.2 Å². The molecule has 3 aromatic rings. The van der Waals surface area contributed by atoms with Crippen LogP contribution in [0.25, 0.3) is 0 Å². The second-order valence-electron chi connectivity index (χ2n) is 10.00. The topological polar surface area (TPSA) is 64.0 Å². The number of rotatable bonds is 16. The van der Waals surface area contributed by atoms with Crippen molar-refractivity contribution in [3.63, 3.8) is 0 Å². The molecule has 0 radical (unpaired) electrons. The zero-order valence-electron chi connectivity index (χ0n) is 23.5. The minimum absolute atomic E-state index is 0.0348. The summed E-state index contributed by atoms with van der Waals surface area (Å²) in [6, 6.07) is 18.6. The van der Waals surface area contributed by atoms with Gasteiger partial charge in [0.15, 0.2) is 6.61 Å². The summed E-state index contributed by atoms with van der Waals surface area (Å²) in [4.78, 5) is 30.2. The summed E-state index contributed by atoms with van der Waals surface area (Å²) >= 11 is 12.3. The Labute approximate surface area is 247 Å². The van der Waals surface area contributed by atoms with Crippen LogP contribution in [0.15, 0.2) is 66.9 Å². The molecule has 7 nitrogen and oxygen atoms in total. The van der Waals surface area contributed by atoms with E-state index in [1.165, 1.54) is 0 Å². The van der Waals surface area contributed by atoms with E-state index in [2.05, 4.69) is 18.4 Å². The fraction of sp³-hybridized carbons (Fsp3) is 0.419. The first kappa shape index (κ1) is 31.5. The van der Waals surface area contributed by atoms with Gasteiger partial charge in [0.2, 0.25) is 5.91 Å². The van der Waals surface area contributed by atoms with E-state index < -0.39 is 0 Å². The molecule has 216 valence electrons. The number of amides is 2. The number of halogens is 2. The van der Waals surface area contributed by atoms with Gasteiger partial charge in [-0.15, -0.1) is 0 Å². The standard InChI is InChI=1S/C31H39Cl2N3O4/c1-4-39-18-8-17-35(31(38)23-40-28-14-12-26(32)13-15-28)22-30(37)36(19-24(2)3)21-27-10-7-16-34(27)20-25-9-5-6-11-29(25)33/h5-7,9-16,24H,4,8,17-23H2,1-3H3. The van der Waals surface area contributed by atoms with Crippen molar-refractivity contribution in [2.24, 2.45) is 5.92 Å². The highest BCUT2D eigenvalue weighted by atomic mass is 35.5. The maximum Gasteiger partial charge on any atom is 0.260 e. The van der Waals surface area contributed by atoms with E-state index in [9.17, 15) is 9.59 Å². The Balaban J connectivity index is 1.71. The fourth-order valence-corrected chi connectivity index (χ4v) is 4.59. The van der Waals surface area contributed by atoms with Gasteiger partial charge in [0.1, 0.15) is 5.75 Å². The van der Waals surface area contributed by atoms with Crippen molar-refractivity contribution in [2.75, 3.05) is 39.5 Å². The molecule has 0 saturated heterocycles. The molecule has 0 bridgehead atoms. The molecule has 0 N–H and O–H groups in total. The minimum Gasteiger partial charge on any atom is -0.484 e. The van der Waals surface area contributed by atoms with Gasteiger partial charge in [0, 0.05) is 54.8 Å². The third-order valence-electron chi connectivity index (χ3n) is 6.29. The first-order valence-electron chi connectivity index (χ1n) is 13.7. The molecular weight excluding hydrogens is 549 g/mol. The lowest BCUT2D eigenvalue weighted by Gasteiger charge is -2.29. The van der Waals surface area contributed by atoms with Gasteiger partial charge in [-0.1, -0.05) is 55.2 Å². The summed E-state index contributed by atoms with van der Waals surface area (Å²) in [5.41, 5.74) is 2.00. The van der Waals surface area contributed by atoms with Crippen LogP contribution in [0.3, 0.4) is 0 Å². The van der Waals surface area contributed by atoms with Gasteiger partial charge in [0.05, 0.1) is 13.1 Å². The van der Waals surface area contributed by atoms with Crippen LogP contribution in [0, 0.1) is 5.92 Å². The second kappa shape index (κ2) is 16.3. The van der Waals surface area contributed by atoms with Crippen LogP contribution >= 0.6 is 23.2 Å². The number of aromatic nitrogens is 1. The smallest absolute Gasteiger partial charge is 0.260 e. The Morgan fingerprint density at radius 3 is 2.40 bits per heavy atom. The van der Waals surface area contributed by atoms with Crippen LogP contribution < -0.4 is 4.74 Å². The van der Waals surface area contributed by atoms with Gasteiger partial charge >= 0.3 is 0 Å². The number of nitrogens with zero attached hydrogens (tertiary/aromatic N) is 3. The molecule has 1 aromatic heterocycles. The molecule has 2 amide bonds. The Morgan fingerprint density at radius 1 is 0.950 bits per heavy atom.